The first-order valence-electron chi connectivity index (χ1n) is 8.28. The molecule has 1 aromatic heterocycles. The van der Waals surface area contributed by atoms with Crippen molar-refractivity contribution in [1.29, 1.82) is 0 Å². The molecule has 1 aromatic rings. The van der Waals surface area contributed by atoms with Gasteiger partial charge >= 0.3 is 0 Å². The molecule has 2 saturated heterocycles. The predicted octanol–water partition coefficient (Wildman–Crippen LogP) is -0.548. The first kappa shape index (κ1) is 17.1. The van der Waals surface area contributed by atoms with Gasteiger partial charge in [-0.3, -0.25) is 4.79 Å². The first-order valence-corrected chi connectivity index (χ1v) is 8.28. The molecule has 8 heteroatoms. The SMILES string of the molecule is CN(C)C[C@@]1(O)CCN(C(=O)c2cnc(N3CCOCC3)nc2)C1. The van der Waals surface area contributed by atoms with Crippen LogP contribution in [0.5, 0.6) is 0 Å². The van der Waals surface area contributed by atoms with E-state index >= 15 is 0 Å². The lowest BCUT2D eigenvalue weighted by Gasteiger charge is -2.27. The summed E-state index contributed by atoms with van der Waals surface area (Å²) in [4.78, 5) is 26.9. The van der Waals surface area contributed by atoms with E-state index < -0.39 is 5.60 Å². The maximum Gasteiger partial charge on any atom is 0.257 e. The van der Waals surface area contributed by atoms with Crippen LogP contribution in [0.4, 0.5) is 5.95 Å². The van der Waals surface area contributed by atoms with Crippen molar-refractivity contribution in [2.24, 2.45) is 0 Å². The van der Waals surface area contributed by atoms with Crippen LogP contribution >= 0.6 is 0 Å². The Labute approximate surface area is 142 Å². The van der Waals surface area contributed by atoms with Crippen LogP contribution < -0.4 is 4.90 Å². The van der Waals surface area contributed by atoms with Crippen molar-refractivity contribution in [3.63, 3.8) is 0 Å². The Kier molecular flexibility index (Phi) is 4.98. The third-order valence-corrected chi connectivity index (χ3v) is 4.41. The largest absolute Gasteiger partial charge is 0.387 e. The van der Waals surface area contributed by atoms with E-state index in [4.69, 9.17) is 4.74 Å². The molecule has 2 fully saturated rings. The molecule has 0 aliphatic carbocycles. The molecular weight excluding hydrogens is 310 g/mol. The molecule has 132 valence electrons. The number of morpholine rings is 1. The number of amides is 1. The summed E-state index contributed by atoms with van der Waals surface area (Å²) in [6, 6.07) is 0. The van der Waals surface area contributed by atoms with E-state index in [1.165, 1.54) is 0 Å². The molecule has 3 heterocycles. The lowest BCUT2D eigenvalue weighted by Crippen LogP contribution is -2.43. The summed E-state index contributed by atoms with van der Waals surface area (Å²) in [5.74, 6) is 0.499. The van der Waals surface area contributed by atoms with Crippen molar-refractivity contribution in [3.05, 3.63) is 18.0 Å². The van der Waals surface area contributed by atoms with Crippen LogP contribution in [-0.4, -0.2) is 96.4 Å². The van der Waals surface area contributed by atoms with Crippen LogP contribution in [0.25, 0.3) is 0 Å². The number of anilines is 1. The number of aromatic nitrogens is 2. The number of carbonyl (C=O) groups excluding carboxylic acids is 1. The van der Waals surface area contributed by atoms with Gasteiger partial charge in [-0.15, -0.1) is 0 Å². The fourth-order valence-electron chi connectivity index (χ4n) is 3.29. The minimum Gasteiger partial charge on any atom is -0.387 e. The topological polar surface area (TPSA) is 82.0 Å². The van der Waals surface area contributed by atoms with Gasteiger partial charge in [0.15, 0.2) is 0 Å². The fraction of sp³-hybridized carbons (Fsp3) is 0.688. The Morgan fingerprint density at radius 2 is 1.96 bits per heavy atom. The van der Waals surface area contributed by atoms with Gasteiger partial charge in [0, 0.05) is 38.6 Å². The van der Waals surface area contributed by atoms with Crippen molar-refractivity contribution >= 4 is 11.9 Å². The third kappa shape index (κ3) is 3.82. The number of nitrogens with zero attached hydrogens (tertiary/aromatic N) is 5. The zero-order chi connectivity index (χ0) is 17.2. The number of β-amino-alcohol motifs (C(OH)–C–C–N with tert-alkyl or cyclic N) is 1. The number of aliphatic hydroxyl groups is 1. The molecule has 1 atom stereocenters. The monoisotopic (exact) mass is 335 g/mol. The fourth-order valence-corrected chi connectivity index (χ4v) is 3.29. The molecule has 8 nitrogen and oxygen atoms in total. The van der Waals surface area contributed by atoms with Crippen molar-refractivity contribution in [2.45, 2.75) is 12.0 Å². The predicted molar refractivity (Wildman–Crippen MR) is 89.1 cm³/mol. The van der Waals surface area contributed by atoms with Crippen LogP contribution in [0.1, 0.15) is 16.8 Å². The van der Waals surface area contributed by atoms with E-state index in [1.54, 1.807) is 17.3 Å². The molecule has 1 amide bonds. The molecule has 0 radical (unpaired) electrons. The highest BCUT2D eigenvalue weighted by atomic mass is 16.5. The minimum atomic E-state index is -0.840. The Morgan fingerprint density at radius 1 is 1.29 bits per heavy atom. The summed E-state index contributed by atoms with van der Waals surface area (Å²) < 4.78 is 5.31. The summed E-state index contributed by atoms with van der Waals surface area (Å²) >= 11 is 0. The molecule has 0 aromatic carbocycles. The second-order valence-electron chi connectivity index (χ2n) is 6.81. The standard InChI is InChI=1S/C16H25N5O3/c1-19(2)11-16(23)3-4-21(12-16)14(22)13-9-17-15(18-10-13)20-5-7-24-8-6-20/h9-10,23H,3-8,11-12H2,1-2H3/t16-/m0/s1. The number of hydrogen-bond acceptors (Lipinski definition) is 7. The maximum atomic E-state index is 12.6. The van der Waals surface area contributed by atoms with E-state index in [9.17, 15) is 9.90 Å². The molecular formula is C16H25N5O3. The first-order chi connectivity index (χ1) is 11.5. The van der Waals surface area contributed by atoms with Gasteiger partial charge in [0.1, 0.15) is 0 Å². The molecule has 2 aliphatic heterocycles. The molecule has 24 heavy (non-hydrogen) atoms. The quantitative estimate of drug-likeness (QED) is 0.791. The van der Waals surface area contributed by atoms with Crippen LogP contribution in [0.15, 0.2) is 12.4 Å². The van der Waals surface area contributed by atoms with Crippen LogP contribution in [0.3, 0.4) is 0 Å². The molecule has 0 spiro atoms. The molecule has 2 aliphatic rings. The zero-order valence-electron chi connectivity index (χ0n) is 14.3. The van der Waals surface area contributed by atoms with Gasteiger partial charge in [-0.1, -0.05) is 0 Å². The Bertz CT molecular complexity index is 574. The highest BCUT2D eigenvalue weighted by Gasteiger charge is 2.38. The van der Waals surface area contributed by atoms with Crippen molar-refractivity contribution in [3.8, 4) is 0 Å². The van der Waals surface area contributed by atoms with Gasteiger partial charge in [0.05, 0.1) is 30.9 Å². The average Bonchev–Trinajstić information content (AvgIpc) is 2.96. The van der Waals surface area contributed by atoms with Gasteiger partial charge in [-0.05, 0) is 20.5 Å². The number of likely N-dealkylation sites (tertiary alicyclic amines) is 1. The lowest BCUT2D eigenvalue weighted by atomic mass is 10.0. The summed E-state index contributed by atoms with van der Waals surface area (Å²) in [6.45, 7) is 4.30. The summed E-state index contributed by atoms with van der Waals surface area (Å²) in [5.41, 5.74) is -0.380. The van der Waals surface area contributed by atoms with Gasteiger partial charge in [0.25, 0.3) is 5.91 Å². The van der Waals surface area contributed by atoms with Crippen molar-refractivity contribution in [2.75, 3.05) is 64.9 Å². The number of carbonyl (C=O) groups is 1. The van der Waals surface area contributed by atoms with Crippen molar-refractivity contribution < 1.29 is 14.6 Å². The van der Waals surface area contributed by atoms with E-state index in [2.05, 4.69) is 9.97 Å². The van der Waals surface area contributed by atoms with Gasteiger partial charge in [-0.2, -0.15) is 0 Å². The van der Waals surface area contributed by atoms with Gasteiger partial charge < -0.3 is 24.5 Å². The summed E-state index contributed by atoms with van der Waals surface area (Å²) in [6.07, 6.45) is 3.73. The molecule has 0 saturated carbocycles. The van der Waals surface area contributed by atoms with Gasteiger partial charge in [-0.25, -0.2) is 9.97 Å². The van der Waals surface area contributed by atoms with Crippen molar-refractivity contribution in [1.82, 2.24) is 19.8 Å². The van der Waals surface area contributed by atoms with E-state index in [-0.39, 0.29) is 5.91 Å². The van der Waals surface area contributed by atoms with Gasteiger partial charge in [0.2, 0.25) is 5.95 Å². The molecule has 0 unspecified atom stereocenters. The summed E-state index contributed by atoms with van der Waals surface area (Å²) in [7, 11) is 3.83. The van der Waals surface area contributed by atoms with Crippen LogP contribution in [0, 0.1) is 0 Å². The normalized spacial score (nSPS) is 24.7. The van der Waals surface area contributed by atoms with Crippen LogP contribution in [0.2, 0.25) is 0 Å². The number of rotatable bonds is 4. The second-order valence-corrected chi connectivity index (χ2v) is 6.81. The molecule has 1 N–H and O–H groups in total. The minimum absolute atomic E-state index is 0.127. The lowest BCUT2D eigenvalue weighted by molar-refractivity contribution is 0.0236. The van der Waals surface area contributed by atoms with Crippen LogP contribution in [-0.2, 0) is 4.74 Å². The summed E-state index contributed by atoms with van der Waals surface area (Å²) in [5, 5.41) is 10.6. The van der Waals surface area contributed by atoms with E-state index in [1.807, 2.05) is 23.9 Å². The second kappa shape index (κ2) is 7.00. The maximum absolute atomic E-state index is 12.6. The van der Waals surface area contributed by atoms with E-state index in [0.29, 0.717) is 50.8 Å². The average molecular weight is 335 g/mol. The Hall–Kier alpha value is -1.77. The number of ether oxygens (including phenoxy) is 1. The smallest absolute Gasteiger partial charge is 0.257 e. The molecule has 0 bridgehead atoms. The Morgan fingerprint density at radius 3 is 2.58 bits per heavy atom. The zero-order valence-corrected chi connectivity index (χ0v) is 14.3. The Balaban J connectivity index is 1.63. The highest BCUT2D eigenvalue weighted by molar-refractivity contribution is 5.94. The molecule has 3 rings (SSSR count). The number of likely N-dealkylation sites (N-methyl/N-ethyl adjacent to an activating group) is 1. The highest BCUT2D eigenvalue weighted by Crippen LogP contribution is 2.23. The third-order valence-electron chi connectivity index (χ3n) is 4.41. The number of hydrogen-bond donors (Lipinski definition) is 1. The van der Waals surface area contributed by atoms with E-state index in [0.717, 1.165) is 13.1 Å².